The van der Waals surface area contributed by atoms with Gasteiger partial charge in [0.2, 0.25) is 5.91 Å². The Morgan fingerprint density at radius 1 is 1.05 bits per heavy atom. The lowest BCUT2D eigenvalue weighted by Gasteiger charge is -2.27. The van der Waals surface area contributed by atoms with Gasteiger partial charge in [-0.05, 0) is 36.2 Å². The SMILES string of the molecule is CC[C@H](C)[C@@H]1N=C(c2ccccc2)c2cc(Cl)ccc2N(CCC(=O)NS(=O)(=O)c2ccccc2)C1=O. The smallest absolute Gasteiger partial charge is 0.264 e. The number of fused-ring (bicyclic) bond motifs is 1. The maximum atomic E-state index is 13.8. The van der Waals surface area contributed by atoms with Crippen molar-refractivity contribution in [2.45, 2.75) is 37.6 Å². The summed E-state index contributed by atoms with van der Waals surface area (Å²) in [6.45, 7) is 3.94. The zero-order chi connectivity index (χ0) is 26.6. The minimum Gasteiger partial charge on any atom is -0.309 e. The molecule has 0 bridgehead atoms. The second kappa shape index (κ2) is 11.3. The molecule has 1 heterocycles. The Labute approximate surface area is 222 Å². The van der Waals surface area contributed by atoms with E-state index < -0.39 is 22.0 Å². The number of nitrogens with one attached hydrogen (secondary N) is 1. The van der Waals surface area contributed by atoms with Gasteiger partial charge < -0.3 is 4.90 Å². The molecule has 192 valence electrons. The lowest BCUT2D eigenvalue weighted by molar-refractivity contribution is -0.121. The fourth-order valence-corrected chi connectivity index (χ4v) is 5.41. The van der Waals surface area contributed by atoms with Crippen molar-refractivity contribution in [3.8, 4) is 0 Å². The quantitative estimate of drug-likeness (QED) is 0.445. The molecule has 0 aliphatic carbocycles. The molecule has 0 aromatic heterocycles. The number of sulfonamides is 1. The number of rotatable bonds is 8. The number of hydrogen-bond donors (Lipinski definition) is 1. The molecule has 0 fully saturated rings. The number of halogens is 1. The molecule has 3 aromatic rings. The van der Waals surface area contributed by atoms with E-state index in [0.29, 0.717) is 22.0 Å². The van der Waals surface area contributed by atoms with Crippen molar-refractivity contribution in [1.29, 1.82) is 0 Å². The van der Waals surface area contributed by atoms with Crippen molar-refractivity contribution < 1.29 is 18.0 Å². The second-order valence-electron chi connectivity index (χ2n) is 8.92. The molecule has 7 nitrogen and oxygen atoms in total. The average molecular weight is 538 g/mol. The number of aliphatic imine (C=N–C) groups is 1. The summed E-state index contributed by atoms with van der Waals surface area (Å²) in [5, 5.41) is 0.489. The summed E-state index contributed by atoms with van der Waals surface area (Å²) in [5.74, 6) is -1.02. The standard InChI is InChI=1S/C28H28ClN3O4S/c1-3-19(2)26-28(34)32(17-16-25(33)31-37(35,36)22-12-8-5-9-13-22)24-15-14-21(29)18-23(24)27(30-26)20-10-6-4-7-11-20/h4-15,18-19,26H,3,16-17H2,1-2H3,(H,31,33)/t19-,26-/m0/s1. The van der Waals surface area contributed by atoms with Crippen LogP contribution in [0.5, 0.6) is 0 Å². The van der Waals surface area contributed by atoms with Gasteiger partial charge in [0.1, 0.15) is 6.04 Å². The van der Waals surface area contributed by atoms with Crippen molar-refractivity contribution in [2.75, 3.05) is 11.4 Å². The van der Waals surface area contributed by atoms with Crippen LogP contribution in [-0.2, 0) is 19.6 Å². The molecule has 0 radical (unpaired) electrons. The topological polar surface area (TPSA) is 95.9 Å². The Morgan fingerprint density at radius 3 is 2.35 bits per heavy atom. The van der Waals surface area contributed by atoms with Crippen molar-refractivity contribution >= 4 is 44.8 Å². The number of benzodiazepines with no additional fused rings is 1. The molecule has 37 heavy (non-hydrogen) atoms. The molecule has 0 saturated carbocycles. The van der Waals surface area contributed by atoms with Crippen LogP contribution in [0.2, 0.25) is 5.02 Å². The first-order chi connectivity index (χ1) is 17.7. The number of carbonyl (C=O) groups is 2. The second-order valence-corrected chi connectivity index (χ2v) is 11.0. The fourth-order valence-electron chi connectivity index (χ4n) is 4.20. The Kier molecular flexibility index (Phi) is 8.10. The van der Waals surface area contributed by atoms with Gasteiger partial charge in [-0.2, -0.15) is 0 Å². The van der Waals surface area contributed by atoms with E-state index in [1.54, 1.807) is 36.4 Å². The maximum Gasteiger partial charge on any atom is 0.264 e. The zero-order valence-electron chi connectivity index (χ0n) is 20.6. The van der Waals surface area contributed by atoms with Gasteiger partial charge in [-0.25, -0.2) is 13.1 Å². The van der Waals surface area contributed by atoms with E-state index in [4.69, 9.17) is 16.6 Å². The fraction of sp³-hybridized carbons (Fsp3) is 0.250. The number of benzene rings is 3. The molecule has 9 heteroatoms. The first-order valence-corrected chi connectivity index (χ1v) is 13.9. The van der Waals surface area contributed by atoms with Crippen molar-refractivity contribution in [3.05, 3.63) is 95.0 Å². The van der Waals surface area contributed by atoms with E-state index in [9.17, 15) is 18.0 Å². The Bertz CT molecular complexity index is 1430. The molecule has 1 aliphatic rings. The van der Waals surface area contributed by atoms with Crippen LogP contribution in [0.15, 0.2) is 88.8 Å². The number of nitrogens with zero attached hydrogens (tertiary/aromatic N) is 2. The molecule has 1 N–H and O–H groups in total. The molecule has 0 saturated heterocycles. The molecular formula is C28H28ClN3O4S. The van der Waals surface area contributed by atoms with Crippen LogP contribution >= 0.6 is 11.6 Å². The molecule has 1 aliphatic heterocycles. The van der Waals surface area contributed by atoms with E-state index in [0.717, 1.165) is 12.0 Å². The van der Waals surface area contributed by atoms with Crippen LogP contribution in [0.25, 0.3) is 0 Å². The highest BCUT2D eigenvalue weighted by atomic mass is 35.5. The van der Waals surface area contributed by atoms with Crippen molar-refractivity contribution in [2.24, 2.45) is 10.9 Å². The van der Waals surface area contributed by atoms with Crippen molar-refractivity contribution in [3.63, 3.8) is 0 Å². The third-order valence-electron chi connectivity index (χ3n) is 6.39. The molecule has 2 atom stereocenters. The summed E-state index contributed by atoms with van der Waals surface area (Å²) in [4.78, 5) is 33.0. The average Bonchev–Trinajstić information content (AvgIpc) is 3.01. The summed E-state index contributed by atoms with van der Waals surface area (Å²) in [6, 6.07) is 21.8. The summed E-state index contributed by atoms with van der Waals surface area (Å²) in [7, 11) is -4.02. The van der Waals surface area contributed by atoms with E-state index in [1.165, 1.54) is 17.0 Å². The largest absolute Gasteiger partial charge is 0.309 e. The van der Waals surface area contributed by atoms with Crippen LogP contribution in [0, 0.1) is 5.92 Å². The third-order valence-corrected chi connectivity index (χ3v) is 8.01. The van der Waals surface area contributed by atoms with Gasteiger partial charge in [-0.15, -0.1) is 0 Å². The number of hydrogen-bond acceptors (Lipinski definition) is 5. The van der Waals surface area contributed by atoms with Crippen LogP contribution in [0.1, 0.15) is 37.8 Å². The maximum absolute atomic E-state index is 13.8. The zero-order valence-corrected chi connectivity index (χ0v) is 22.2. The highest BCUT2D eigenvalue weighted by molar-refractivity contribution is 7.90. The van der Waals surface area contributed by atoms with Gasteiger partial charge in [0.15, 0.2) is 0 Å². The highest BCUT2D eigenvalue weighted by Gasteiger charge is 2.35. The van der Waals surface area contributed by atoms with Crippen LogP contribution in [0.3, 0.4) is 0 Å². The molecule has 0 spiro atoms. The predicted octanol–water partition coefficient (Wildman–Crippen LogP) is 4.83. The minimum atomic E-state index is -4.02. The minimum absolute atomic E-state index is 0.00748. The number of amides is 2. The molecule has 3 aromatic carbocycles. The molecular weight excluding hydrogens is 510 g/mol. The number of anilines is 1. The van der Waals surface area contributed by atoms with Crippen LogP contribution in [-0.4, -0.2) is 38.5 Å². The summed E-state index contributed by atoms with van der Waals surface area (Å²) in [5.41, 5.74) is 2.74. The van der Waals surface area contributed by atoms with E-state index >= 15 is 0 Å². The van der Waals surface area contributed by atoms with Gasteiger partial charge in [0.05, 0.1) is 16.3 Å². The summed E-state index contributed by atoms with van der Waals surface area (Å²) < 4.78 is 27.3. The first kappa shape index (κ1) is 26.6. The predicted molar refractivity (Wildman–Crippen MR) is 146 cm³/mol. The summed E-state index contributed by atoms with van der Waals surface area (Å²) >= 11 is 6.36. The van der Waals surface area contributed by atoms with E-state index in [1.807, 2.05) is 44.2 Å². The highest BCUT2D eigenvalue weighted by Crippen LogP contribution is 2.33. The monoisotopic (exact) mass is 537 g/mol. The molecule has 2 amide bonds. The summed E-state index contributed by atoms with van der Waals surface area (Å²) in [6.07, 6.45) is 0.510. The van der Waals surface area contributed by atoms with Gasteiger partial charge in [0.25, 0.3) is 15.9 Å². The third kappa shape index (κ3) is 5.92. The Hall–Kier alpha value is -3.49. The first-order valence-electron chi connectivity index (χ1n) is 12.1. The molecule has 4 rings (SSSR count). The van der Waals surface area contributed by atoms with Gasteiger partial charge in [-0.1, -0.05) is 80.4 Å². The normalized spacial score (nSPS) is 16.4. The number of carbonyl (C=O) groups excluding carboxylic acids is 2. The van der Waals surface area contributed by atoms with Gasteiger partial charge >= 0.3 is 0 Å². The van der Waals surface area contributed by atoms with Gasteiger partial charge in [0, 0.05) is 29.1 Å². The van der Waals surface area contributed by atoms with E-state index in [-0.39, 0.29) is 29.7 Å². The van der Waals surface area contributed by atoms with Gasteiger partial charge in [-0.3, -0.25) is 14.6 Å². The Balaban J connectivity index is 1.68. The van der Waals surface area contributed by atoms with Crippen LogP contribution < -0.4 is 9.62 Å². The van der Waals surface area contributed by atoms with Crippen LogP contribution in [0.4, 0.5) is 5.69 Å². The lowest BCUT2D eigenvalue weighted by atomic mass is 9.98. The van der Waals surface area contributed by atoms with Crippen molar-refractivity contribution in [1.82, 2.24) is 4.72 Å². The molecule has 0 unspecified atom stereocenters. The van der Waals surface area contributed by atoms with E-state index in [2.05, 4.69) is 4.72 Å². The lowest BCUT2D eigenvalue weighted by Crippen LogP contribution is -2.43. The Morgan fingerprint density at radius 2 is 1.70 bits per heavy atom.